The predicted molar refractivity (Wildman–Crippen MR) is 260 cm³/mol. The first-order valence-electron chi connectivity index (χ1n) is 24.8. The SMILES string of the molecule is CCCCCCCC/C=C\CCCCCCCCCCCCCC(=O)OC[C@H](COP(=O)([O-])OCC[N+](C)(C)C)OC(=O)CCC/C=C\C/C=C\C/C=C\C/C=C\C=C\[C@H](O)CC. The fourth-order valence-electron chi connectivity index (χ4n) is 6.34. The molecule has 63 heavy (non-hydrogen) atoms. The van der Waals surface area contributed by atoms with Gasteiger partial charge in [-0.25, -0.2) is 0 Å². The van der Waals surface area contributed by atoms with Crippen molar-refractivity contribution in [3.63, 3.8) is 0 Å². The summed E-state index contributed by atoms with van der Waals surface area (Å²) in [5, 5.41) is 9.49. The van der Waals surface area contributed by atoms with Crippen LogP contribution in [0.15, 0.2) is 72.9 Å². The van der Waals surface area contributed by atoms with Gasteiger partial charge in [0, 0.05) is 12.8 Å². The molecule has 0 amide bonds. The lowest BCUT2D eigenvalue weighted by Crippen LogP contribution is -2.37. The summed E-state index contributed by atoms with van der Waals surface area (Å²) in [7, 11) is 1.10. The van der Waals surface area contributed by atoms with Gasteiger partial charge in [-0.3, -0.25) is 14.2 Å². The van der Waals surface area contributed by atoms with E-state index in [1.165, 1.54) is 96.3 Å². The summed E-state index contributed by atoms with van der Waals surface area (Å²) in [6.45, 7) is 3.82. The van der Waals surface area contributed by atoms with E-state index in [0.717, 1.165) is 38.5 Å². The Labute approximate surface area is 385 Å². The second kappa shape index (κ2) is 43.3. The monoisotopic (exact) mass is 906 g/mol. The molecular formula is C52H92NO9P. The number of hydrogen-bond acceptors (Lipinski definition) is 9. The van der Waals surface area contributed by atoms with E-state index in [4.69, 9.17) is 18.5 Å². The third-order valence-electron chi connectivity index (χ3n) is 10.4. The number of aliphatic hydroxyl groups is 1. The maximum Gasteiger partial charge on any atom is 0.306 e. The van der Waals surface area contributed by atoms with Crippen molar-refractivity contribution in [1.29, 1.82) is 0 Å². The first-order chi connectivity index (χ1) is 30.4. The number of rotatable bonds is 44. The first-order valence-corrected chi connectivity index (χ1v) is 26.2. The number of allylic oxidation sites excluding steroid dienone is 11. The summed E-state index contributed by atoms with van der Waals surface area (Å²) in [4.78, 5) is 37.6. The van der Waals surface area contributed by atoms with Crippen molar-refractivity contribution in [3.05, 3.63) is 72.9 Å². The molecule has 0 aromatic heterocycles. The number of unbranched alkanes of at least 4 members (excludes halogenated alkanes) is 18. The molecule has 0 saturated carbocycles. The Hall–Kier alpha value is -2.59. The largest absolute Gasteiger partial charge is 0.756 e. The van der Waals surface area contributed by atoms with E-state index >= 15 is 0 Å². The van der Waals surface area contributed by atoms with Gasteiger partial charge in [0.1, 0.15) is 19.8 Å². The molecule has 0 aliphatic heterocycles. The van der Waals surface area contributed by atoms with Gasteiger partial charge in [-0.05, 0) is 70.6 Å². The molecule has 364 valence electrons. The quantitative estimate of drug-likeness (QED) is 0.0158. The summed E-state index contributed by atoms with van der Waals surface area (Å²) in [5.74, 6) is -0.924. The number of phosphoric ester groups is 1. The van der Waals surface area contributed by atoms with Gasteiger partial charge in [-0.2, -0.15) is 0 Å². The maximum absolute atomic E-state index is 12.7. The summed E-state index contributed by atoms with van der Waals surface area (Å²) < 4.78 is 33.9. The van der Waals surface area contributed by atoms with Crippen LogP contribution in [0.5, 0.6) is 0 Å². The molecule has 0 fully saturated rings. The molecule has 11 heteroatoms. The number of nitrogens with zero attached hydrogens (tertiary/aromatic N) is 1. The fraction of sp³-hybridized carbons (Fsp3) is 0.731. The molecule has 0 saturated heterocycles. The molecule has 1 N–H and O–H groups in total. The summed E-state index contributed by atoms with van der Waals surface area (Å²) >= 11 is 0. The third-order valence-corrected chi connectivity index (χ3v) is 11.3. The predicted octanol–water partition coefficient (Wildman–Crippen LogP) is 12.9. The Morgan fingerprint density at radius 3 is 1.62 bits per heavy atom. The highest BCUT2D eigenvalue weighted by Crippen LogP contribution is 2.38. The molecule has 0 aromatic rings. The highest BCUT2D eigenvalue weighted by atomic mass is 31.2. The van der Waals surface area contributed by atoms with Crippen molar-refractivity contribution in [1.82, 2.24) is 0 Å². The van der Waals surface area contributed by atoms with Crippen LogP contribution in [0.4, 0.5) is 0 Å². The molecule has 0 rings (SSSR count). The smallest absolute Gasteiger partial charge is 0.306 e. The second-order valence-electron chi connectivity index (χ2n) is 17.6. The minimum absolute atomic E-state index is 0.0510. The fourth-order valence-corrected chi connectivity index (χ4v) is 7.07. The maximum atomic E-state index is 12.7. The van der Waals surface area contributed by atoms with Crippen molar-refractivity contribution in [2.75, 3.05) is 47.5 Å². The second-order valence-corrected chi connectivity index (χ2v) is 19.1. The van der Waals surface area contributed by atoms with Crippen molar-refractivity contribution in [2.24, 2.45) is 0 Å². The van der Waals surface area contributed by atoms with Gasteiger partial charge in [-0.1, -0.05) is 177 Å². The number of aliphatic hydroxyl groups excluding tert-OH is 1. The lowest BCUT2D eigenvalue weighted by atomic mass is 10.0. The van der Waals surface area contributed by atoms with Gasteiger partial charge >= 0.3 is 11.9 Å². The molecule has 0 radical (unpaired) electrons. The van der Waals surface area contributed by atoms with E-state index in [9.17, 15) is 24.2 Å². The minimum atomic E-state index is -4.66. The normalized spacial score (nSPS) is 14.6. The molecule has 3 atom stereocenters. The zero-order valence-corrected chi connectivity index (χ0v) is 41.5. The topological polar surface area (TPSA) is 131 Å². The molecule has 1 unspecified atom stereocenters. The lowest BCUT2D eigenvalue weighted by molar-refractivity contribution is -0.870. The average Bonchev–Trinajstić information content (AvgIpc) is 3.24. The Morgan fingerprint density at radius 2 is 1.06 bits per heavy atom. The Bertz CT molecular complexity index is 1320. The van der Waals surface area contributed by atoms with Gasteiger partial charge in [0.05, 0.1) is 33.9 Å². The third kappa shape index (κ3) is 47.2. The lowest BCUT2D eigenvalue weighted by Gasteiger charge is -2.28. The number of quaternary nitrogens is 1. The van der Waals surface area contributed by atoms with Crippen LogP contribution in [0.1, 0.15) is 187 Å². The molecule has 0 aliphatic rings. The molecular weight excluding hydrogens is 814 g/mol. The van der Waals surface area contributed by atoms with Gasteiger partial charge in [-0.15, -0.1) is 0 Å². The molecule has 0 heterocycles. The van der Waals surface area contributed by atoms with Gasteiger partial charge < -0.3 is 33.0 Å². The number of phosphoric acid groups is 1. The molecule has 0 bridgehead atoms. The minimum Gasteiger partial charge on any atom is -0.756 e. The Balaban J connectivity index is 4.36. The number of carbonyl (C=O) groups excluding carboxylic acids is 2. The van der Waals surface area contributed by atoms with Crippen LogP contribution in [0.25, 0.3) is 0 Å². The van der Waals surface area contributed by atoms with Crippen molar-refractivity contribution in [2.45, 2.75) is 199 Å². The molecule has 0 spiro atoms. The van der Waals surface area contributed by atoms with Crippen molar-refractivity contribution in [3.8, 4) is 0 Å². The average molecular weight is 906 g/mol. The number of carbonyl (C=O) groups is 2. The zero-order chi connectivity index (χ0) is 46.5. The van der Waals surface area contributed by atoms with Crippen LogP contribution in [-0.2, 0) is 32.7 Å². The van der Waals surface area contributed by atoms with Crippen LogP contribution < -0.4 is 4.89 Å². The van der Waals surface area contributed by atoms with Crippen LogP contribution in [0, 0.1) is 0 Å². The number of likely N-dealkylation sites (N-methyl/N-ethyl adjacent to an activating group) is 1. The standard InChI is InChI=1S/C52H92NO9P/c1-6-8-9-10-11-12-13-14-15-16-17-18-19-20-21-25-28-31-34-37-40-43-51(55)59-47-50(48-61-63(57,58)60-46-45-53(3,4)5)62-52(56)44-41-38-35-32-29-26-23-22-24-27-30-33-36-39-42-49(54)7-2/h14-15,23-24,26-27,32-33,35-36,39,42,49-50,54H,6-13,16-22,25,28-31,34,37-38,40-41,43-48H2,1-5H3/b15-14-,26-23-,27-24-,35-32-,36-33-,42-39+/t49-,50-/m1/s1. The first kappa shape index (κ1) is 60.4. The van der Waals surface area contributed by atoms with Gasteiger partial charge in [0.25, 0.3) is 7.82 Å². The number of esters is 2. The zero-order valence-electron chi connectivity index (χ0n) is 40.6. The van der Waals surface area contributed by atoms with E-state index in [2.05, 4.69) is 43.4 Å². The number of ether oxygens (including phenoxy) is 2. The van der Waals surface area contributed by atoms with Crippen molar-refractivity contribution < 1.29 is 47.2 Å². The summed E-state index contributed by atoms with van der Waals surface area (Å²) in [5.41, 5.74) is 0. The Morgan fingerprint density at radius 1 is 0.587 bits per heavy atom. The summed E-state index contributed by atoms with van der Waals surface area (Å²) in [6, 6.07) is 0. The van der Waals surface area contributed by atoms with Crippen LogP contribution in [-0.4, -0.2) is 81.2 Å². The molecule has 0 aliphatic carbocycles. The van der Waals surface area contributed by atoms with E-state index < -0.39 is 32.5 Å². The highest BCUT2D eigenvalue weighted by molar-refractivity contribution is 7.45. The van der Waals surface area contributed by atoms with E-state index in [1.807, 2.05) is 58.4 Å². The number of hydrogen-bond donors (Lipinski definition) is 1. The van der Waals surface area contributed by atoms with Crippen LogP contribution in [0.3, 0.4) is 0 Å². The highest BCUT2D eigenvalue weighted by Gasteiger charge is 2.21. The Kier molecular flexibility index (Phi) is 41.5. The van der Waals surface area contributed by atoms with E-state index in [0.29, 0.717) is 36.7 Å². The van der Waals surface area contributed by atoms with Crippen LogP contribution >= 0.6 is 7.82 Å². The van der Waals surface area contributed by atoms with E-state index in [1.54, 1.807) is 6.08 Å². The molecule has 0 aromatic carbocycles. The van der Waals surface area contributed by atoms with Crippen molar-refractivity contribution >= 4 is 19.8 Å². The van der Waals surface area contributed by atoms with Crippen LogP contribution in [0.2, 0.25) is 0 Å². The van der Waals surface area contributed by atoms with Gasteiger partial charge in [0.15, 0.2) is 6.10 Å². The van der Waals surface area contributed by atoms with Gasteiger partial charge in [0.2, 0.25) is 0 Å². The summed E-state index contributed by atoms with van der Waals surface area (Å²) in [6.07, 6.45) is 51.8. The van der Waals surface area contributed by atoms with E-state index in [-0.39, 0.29) is 32.2 Å². The molecule has 10 nitrogen and oxygen atoms in total.